The van der Waals surface area contributed by atoms with E-state index in [4.69, 9.17) is 4.74 Å². The number of hydrogen-bond acceptors (Lipinski definition) is 2. The van der Waals surface area contributed by atoms with E-state index in [-0.39, 0.29) is 11.7 Å². The Morgan fingerprint density at radius 1 is 1.27 bits per heavy atom. The van der Waals surface area contributed by atoms with Crippen molar-refractivity contribution in [2.45, 2.75) is 64.9 Å². The monoisotopic (exact) mass is 212 g/mol. The molecule has 0 aliphatic heterocycles. The van der Waals surface area contributed by atoms with Crippen LogP contribution in [0, 0.1) is 5.92 Å². The lowest BCUT2D eigenvalue weighted by Crippen LogP contribution is -2.22. The van der Waals surface area contributed by atoms with Crippen molar-refractivity contribution in [2.75, 3.05) is 6.61 Å². The molecule has 1 fully saturated rings. The predicted octanol–water partition coefficient (Wildman–Crippen LogP) is 3.34. The highest BCUT2D eigenvalue weighted by Crippen LogP contribution is 2.20. The van der Waals surface area contributed by atoms with Crippen molar-refractivity contribution in [3.05, 3.63) is 0 Å². The van der Waals surface area contributed by atoms with Crippen molar-refractivity contribution >= 4 is 5.78 Å². The zero-order chi connectivity index (χ0) is 11.1. The van der Waals surface area contributed by atoms with Crippen LogP contribution >= 0.6 is 0 Å². The summed E-state index contributed by atoms with van der Waals surface area (Å²) < 4.78 is 5.70. The van der Waals surface area contributed by atoms with Crippen molar-refractivity contribution in [3.8, 4) is 0 Å². The third-order valence-electron chi connectivity index (χ3n) is 3.43. The van der Waals surface area contributed by atoms with Crippen molar-refractivity contribution < 1.29 is 9.53 Å². The Morgan fingerprint density at radius 2 is 1.87 bits per heavy atom. The number of ether oxygens (including phenoxy) is 1. The molecule has 0 spiro atoms. The largest absolute Gasteiger partial charge is 0.370 e. The van der Waals surface area contributed by atoms with Crippen molar-refractivity contribution in [1.82, 2.24) is 0 Å². The quantitative estimate of drug-likeness (QED) is 0.653. The minimum atomic E-state index is 0.163. The first-order valence-corrected chi connectivity index (χ1v) is 6.38. The first kappa shape index (κ1) is 12.7. The summed E-state index contributed by atoms with van der Waals surface area (Å²) in [7, 11) is 0. The van der Waals surface area contributed by atoms with Crippen LogP contribution in [0.2, 0.25) is 0 Å². The molecule has 1 unspecified atom stereocenters. The third-order valence-corrected chi connectivity index (χ3v) is 3.43. The van der Waals surface area contributed by atoms with E-state index in [0.717, 1.165) is 19.3 Å². The SMILES string of the molecule is CCC(C)C(=O)COC1CCCCCC1. The molecule has 88 valence electrons. The van der Waals surface area contributed by atoms with Crippen LogP contribution in [0.5, 0.6) is 0 Å². The van der Waals surface area contributed by atoms with Gasteiger partial charge < -0.3 is 4.74 Å². The van der Waals surface area contributed by atoms with Gasteiger partial charge in [0.25, 0.3) is 0 Å². The number of carbonyl (C=O) groups is 1. The Morgan fingerprint density at radius 3 is 2.40 bits per heavy atom. The zero-order valence-electron chi connectivity index (χ0n) is 10.1. The van der Waals surface area contributed by atoms with Crippen LogP contribution in [0.1, 0.15) is 58.8 Å². The molecule has 2 nitrogen and oxygen atoms in total. The summed E-state index contributed by atoms with van der Waals surface area (Å²) in [4.78, 5) is 11.6. The summed E-state index contributed by atoms with van der Waals surface area (Å²) in [6.45, 7) is 4.37. The summed E-state index contributed by atoms with van der Waals surface area (Å²) in [5, 5.41) is 0. The molecule has 0 amide bonds. The smallest absolute Gasteiger partial charge is 0.161 e. The van der Waals surface area contributed by atoms with E-state index >= 15 is 0 Å². The molecule has 1 atom stereocenters. The molecular formula is C13H24O2. The van der Waals surface area contributed by atoms with Crippen LogP contribution in [0.15, 0.2) is 0 Å². The second-order valence-electron chi connectivity index (χ2n) is 4.70. The summed E-state index contributed by atoms with van der Waals surface area (Å²) in [5.41, 5.74) is 0. The topological polar surface area (TPSA) is 26.3 Å². The fraction of sp³-hybridized carbons (Fsp3) is 0.923. The molecule has 2 heteroatoms. The predicted molar refractivity (Wildman–Crippen MR) is 61.9 cm³/mol. The molecule has 1 aliphatic carbocycles. The lowest BCUT2D eigenvalue weighted by Gasteiger charge is -2.16. The molecule has 0 aromatic heterocycles. The van der Waals surface area contributed by atoms with Crippen molar-refractivity contribution in [3.63, 3.8) is 0 Å². The van der Waals surface area contributed by atoms with Gasteiger partial charge in [0.1, 0.15) is 6.61 Å². The molecule has 0 heterocycles. The van der Waals surface area contributed by atoms with Gasteiger partial charge in [0.05, 0.1) is 6.10 Å². The first-order valence-electron chi connectivity index (χ1n) is 6.38. The van der Waals surface area contributed by atoms with Crippen LogP contribution in [-0.2, 0) is 9.53 Å². The number of ketones is 1. The lowest BCUT2D eigenvalue weighted by atomic mass is 10.0. The maximum atomic E-state index is 11.6. The average molecular weight is 212 g/mol. The van der Waals surface area contributed by atoms with Gasteiger partial charge in [0, 0.05) is 5.92 Å². The van der Waals surface area contributed by atoms with Gasteiger partial charge in [-0.15, -0.1) is 0 Å². The fourth-order valence-corrected chi connectivity index (χ4v) is 1.98. The summed E-state index contributed by atoms with van der Waals surface area (Å²) >= 11 is 0. The number of Topliss-reactive ketones (excluding diaryl/α,β-unsaturated/α-hetero) is 1. The molecule has 0 aromatic carbocycles. The lowest BCUT2D eigenvalue weighted by molar-refractivity contribution is -0.129. The third kappa shape index (κ3) is 4.78. The molecule has 1 rings (SSSR count). The minimum Gasteiger partial charge on any atom is -0.370 e. The molecule has 1 aliphatic rings. The second kappa shape index (κ2) is 7.00. The Balaban J connectivity index is 2.20. The number of carbonyl (C=O) groups excluding carboxylic acids is 1. The molecule has 0 saturated heterocycles. The Labute approximate surface area is 93.4 Å². The van der Waals surface area contributed by atoms with Crippen molar-refractivity contribution in [2.24, 2.45) is 5.92 Å². The highest BCUT2D eigenvalue weighted by molar-refractivity contribution is 5.81. The van der Waals surface area contributed by atoms with Gasteiger partial charge >= 0.3 is 0 Å². The van der Waals surface area contributed by atoms with E-state index in [2.05, 4.69) is 0 Å². The molecule has 0 radical (unpaired) electrons. The van der Waals surface area contributed by atoms with Gasteiger partial charge in [0.15, 0.2) is 5.78 Å². The van der Waals surface area contributed by atoms with E-state index in [1.54, 1.807) is 0 Å². The first-order chi connectivity index (χ1) is 7.24. The van der Waals surface area contributed by atoms with Crippen LogP contribution in [-0.4, -0.2) is 18.5 Å². The van der Waals surface area contributed by atoms with E-state index in [0.29, 0.717) is 12.7 Å². The van der Waals surface area contributed by atoms with Crippen LogP contribution in [0.25, 0.3) is 0 Å². The van der Waals surface area contributed by atoms with Gasteiger partial charge in [-0.25, -0.2) is 0 Å². The van der Waals surface area contributed by atoms with E-state index in [1.165, 1.54) is 25.7 Å². The maximum absolute atomic E-state index is 11.6. The Bertz CT molecular complexity index is 181. The molecule has 0 N–H and O–H groups in total. The van der Waals surface area contributed by atoms with Crippen molar-refractivity contribution in [1.29, 1.82) is 0 Å². The molecule has 15 heavy (non-hydrogen) atoms. The number of rotatable bonds is 5. The number of hydrogen-bond donors (Lipinski definition) is 0. The van der Waals surface area contributed by atoms with E-state index < -0.39 is 0 Å². The van der Waals surface area contributed by atoms with Gasteiger partial charge in [-0.1, -0.05) is 39.5 Å². The van der Waals surface area contributed by atoms with Crippen LogP contribution < -0.4 is 0 Å². The van der Waals surface area contributed by atoms with Crippen LogP contribution in [0.4, 0.5) is 0 Å². The summed E-state index contributed by atoms with van der Waals surface area (Å²) in [5.74, 6) is 0.428. The molecular weight excluding hydrogens is 188 g/mol. The second-order valence-corrected chi connectivity index (χ2v) is 4.70. The standard InChI is InChI=1S/C13H24O2/c1-3-11(2)13(14)10-15-12-8-6-4-5-7-9-12/h11-12H,3-10H2,1-2H3. The molecule has 0 aromatic rings. The van der Waals surface area contributed by atoms with Gasteiger partial charge in [0.2, 0.25) is 0 Å². The summed E-state index contributed by atoms with van der Waals surface area (Å²) in [6.07, 6.45) is 8.76. The van der Waals surface area contributed by atoms with Gasteiger partial charge in [-0.3, -0.25) is 4.79 Å². The fourth-order valence-electron chi connectivity index (χ4n) is 1.98. The normalized spacial score (nSPS) is 20.9. The highest BCUT2D eigenvalue weighted by Gasteiger charge is 2.16. The van der Waals surface area contributed by atoms with Gasteiger partial charge in [-0.2, -0.15) is 0 Å². The zero-order valence-corrected chi connectivity index (χ0v) is 10.1. The van der Waals surface area contributed by atoms with E-state index in [1.807, 2.05) is 13.8 Å². The Hall–Kier alpha value is -0.370. The van der Waals surface area contributed by atoms with Crippen LogP contribution in [0.3, 0.4) is 0 Å². The molecule has 1 saturated carbocycles. The van der Waals surface area contributed by atoms with Gasteiger partial charge in [-0.05, 0) is 19.3 Å². The Kier molecular flexibility index (Phi) is 5.92. The maximum Gasteiger partial charge on any atom is 0.161 e. The minimum absolute atomic E-state index is 0.163. The average Bonchev–Trinajstić information content (AvgIpc) is 2.53. The summed E-state index contributed by atoms with van der Waals surface area (Å²) in [6, 6.07) is 0. The molecule has 0 bridgehead atoms. The van der Waals surface area contributed by atoms with E-state index in [9.17, 15) is 4.79 Å². The highest BCUT2D eigenvalue weighted by atomic mass is 16.5.